The average Bonchev–Trinajstić information content (AvgIpc) is 2.61. The van der Waals surface area contributed by atoms with Crippen LogP contribution < -0.4 is 19.1 Å². The van der Waals surface area contributed by atoms with Crippen molar-refractivity contribution in [3.8, 4) is 23.3 Å². The van der Waals surface area contributed by atoms with Crippen LogP contribution in [0.25, 0.3) is 0 Å². The summed E-state index contributed by atoms with van der Waals surface area (Å²) in [6.07, 6.45) is 0. The van der Waals surface area contributed by atoms with Crippen molar-refractivity contribution in [2.24, 2.45) is 0 Å². The number of amides is 1. The summed E-state index contributed by atoms with van der Waals surface area (Å²) in [5.74, 6) is 1.25. The van der Waals surface area contributed by atoms with E-state index in [4.69, 9.17) is 25.8 Å². The first kappa shape index (κ1) is 16.9. The van der Waals surface area contributed by atoms with Crippen molar-refractivity contribution in [2.45, 2.75) is 6.92 Å². The van der Waals surface area contributed by atoms with E-state index in [0.29, 0.717) is 52.4 Å². The summed E-state index contributed by atoms with van der Waals surface area (Å²) in [6, 6.07) is 10.2. The topological polar surface area (TPSA) is 71.8 Å². The second kappa shape index (κ2) is 6.91. The number of ether oxygens (including phenoxy) is 3. The van der Waals surface area contributed by atoms with Gasteiger partial charge < -0.3 is 14.2 Å². The molecule has 0 atom stereocenters. The van der Waals surface area contributed by atoms with E-state index in [-0.39, 0.29) is 5.91 Å². The maximum Gasteiger partial charge on any atom is 0.228 e. The van der Waals surface area contributed by atoms with Crippen LogP contribution in [0.15, 0.2) is 30.3 Å². The summed E-state index contributed by atoms with van der Waals surface area (Å²) < 4.78 is 16.3. The van der Waals surface area contributed by atoms with E-state index in [1.165, 1.54) is 18.9 Å². The molecule has 0 saturated heterocycles. The lowest BCUT2D eigenvalue weighted by Gasteiger charge is -2.26. The lowest BCUT2D eigenvalue weighted by Crippen LogP contribution is -2.24. The van der Waals surface area contributed by atoms with Gasteiger partial charge in [-0.2, -0.15) is 5.26 Å². The molecule has 25 heavy (non-hydrogen) atoms. The molecule has 1 aliphatic heterocycles. The smallest absolute Gasteiger partial charge is 0.228 e. The number of nitrogens with zero attached hydrogens (tertiary/aromatic N) is 2. The Balaban J connectivity index is 2.15. The van der Waals surface area contributed by atoms with E-state index in [0.717, 1.165) is 0 Å². The number of nitriles is 1. The highest BCUT2D eigenvalue weighted by Crippen LogP contribution is 2.42. The number of benzene rings is 2. The summed E-state index contributed by atoms with van der Waals surface area (Å²) in [7, 11) is 1.50. The first-order chi connectivity index (χ1) is 12.0. The third-order valence-corrected chi connectivity index (χ3v) is 3.98. The fourth-order valence-corrected chi connectivity index (χ4v) is 2.85. The normalized spacial score (nSPS) is 12.2. The molecule has 7 heteroatoms. The van der Waals surface area contributed by atoms with Crippen molar-refractivity contribution in [1.29, 1.82) is 5.26 Å². The van der Waals surface area contributed by atoms with Crippen LogP contribution in [-0.2, 0) is 4.79 Å². The SMILES string of the molecule is COc1cc(C#N)cc(N(C(C)=O)c2cc3c(cc2Cl)OCCO3)c1. The predicted octanol–water partition coefficient (Wildman–Crippen LogP) is 3.68. The fourth-order valence-electron chi connectivity index (χ4n) is 2.61. The van der Waals surface area contributed by atoms with E-state index in [1.807, 2.05) is 0 Å². The molecule has 0 fully saturated rings. The summed E-state index contributed by atoms with van der Waals surface area (Å²) in [4.78, 5) is 13.7. The maximum atomic E-state index is 12.3. The molecule has 0 unspecified atom stereocenters. The molecule has 1 heterocycles. The summed E-state index contributed by atoms with van der Waals surface area (Å²) >= 11 is 6.37. The molecule has 1 aliphatic rings. The zero-order valence-corrected chi connectivity index (χ0v) is 14.5. The molecule has 0 aromatic heterocycles. The van der Waals surface area contributed by atoms with Crippen LogP contribution >= 0.6 is 11.6 Å². The molecular weight excluding hydrogens is 344 g/mol. The maximum absolute atomic E-state index is 12.3. The van der Waals surface area contributed by atoms with Gasteiger partial charge in [0.15, 0.2) is 11.5 Å². The molecule has 0 spiro atoms. The van der Waals surface area contributed by atoms with Gasteiger partial charge in [-0.05, 0) is 12.1 Å². The molecule has 3 rings (SSSR count). The monoisotopic (exact) mass is 358 g/mol. The summed E-state index contributed by atoms with van der Waals surface area (Å²) in [5, 5.41) is 9.55. The zero-order chi connectivity index (χ0) is 18.0. The van der Waals surface area contributed by atoms with E-state index < -0.39 is 0 Å². The molecular formula is C18H15ClN2O4. The highest BCUT2D eigenvalue weighted by atomic mass is 35.5. The van der Waals surface area contributed by atoms with Gasteiger partial charge in [-0.25, -0.2) is 0 Å². The van der Waals surface area contributed by atoms with E-state index in [1.54, 1.807) is 30.3 Å². The molecule has 1 amide bonds. The van der Waals surface area contributed by atoms with Crippen molar-refractivity contribution in [3.05, 3.63) is 40.9 Å². The number of methoxy groups -OCH3 is 1. The Morgan fingerprint density at radius 1 is 1.20 bits per heavy atom. The minimum Gasteiger partial charge on any atom is -0.497 e. The number of carbonyl (C=O) groups excluding carboxylic acids is 1. The second-order valence-electron chi connectivity index (χ2n) is 5.33. The van der Waals surface area contributed by atoms with Crippen LogP contribution in [0.5, 0.6) is 17.2 Å². The third kappa shape index (κ3) is 3.32. The minimum atomic E-state index is -0.268. The Morgan fingerprint density at radius 2 is 1.88 bits per heavy atom. The van der Waals surface area contributed by atoms with E-state index in [2.05, 4.69) is 6.07 Å². The number of halogens is 1. The molecule has 2 aromatic carbocycles. The Bertz CT molecular complexity index is 876. The number of hydrogen-bond acceptors (Lipinski definition) is 5. The first-order valence-corrected chi connectivity index (χ1v) is 7.90. The highest BCUT2D eigenvalue weighted by molar-refractivity contribution is 6.34. The molecule has 128 valence electrons. The van der Waals surface area contributed by atoms with Crippen molar-refractivity contribution in [2.75, 3.05) is 25.2 Å². The van der Waals surface area contributed by atoms with Crippen molar-refractivity contribution < 1.29 is 19.0 Å². The number of fused-ring (bicyclic) bond motifs is 1. The van der Waals surface area contributed by atoms with Gasteiger partial charge in [-0.1, -0.05) is 11.6 Å². The van der Waals surface area contributed by atoms with Crippen LogP contribution in [0.2, 0.25) is 5.02 Å². The number of rotatable bonds is 3. The lowest BCUT2D eigenvalue weighted by molar-refractivity contribution is -0.115. The molecule has 0 saturated carbocycles. The zero-order valence-electron chi connectivity index (χ0n) is 13.7. The lowest BCUT2D eigenvalue weighted by atomic mass is 10.1. The van der Waals surface area contributed by atoms with E-state index >= 15 is 0 Å². The van der Waals surface area contributed by atoms with Gasteiger partial charge in [0.25, 0.3) is 0 Å². The minimum absolute atomic E-state index is 0.268. The highest BCUT2D eigenvalue weighted by Gasteiger charge is 2.23. The molecule has 0 aliphatic carbocycles. The molecule has 0 bridgehead atoms. The quantitative estimate of drug-likeness (QED) is 0.837. The Kier molecular flexibility index (Phi) is 4.68. The fraction of sp³-hybridized carbons (Fsp3) is 0.222. The van der Waals surface area contributed by atoms with Gasteiger partial charge >= 0.3 is 0 Å². The molecule has 0 N–H and O–H groups in total. The molecule has 6 nitrogen and oxygen atoms in total. The van der Waals surface area contributed by atoms with Crippen LogP contribution in [0.4, 0.5) is 11.4 Å². The van der Waals surface area contributed by atoms with Crippen molar-refractivity contribution in [1.82, 2.24) is 0 Å². The third-order valence-electron chi connectivity index (χ3n) is 3.68. The van der Waals surface area contributed by atoms with Gasteiger partial charge in [-0.15, -0.1) is 0 Å². The Labute approximate surface area is 150 Å². The van der Waals surface area contributed by atoms with Gasteiger partial charge in [0.1, 0.15) is 19.0 Å². The first-order valence-electron chi connectivity index (χ1n) is 7.52. The van der Waals surface area contributed by atoms with Crippen LogP contribution in [0, 0.1) is 11.3 Å². The van der Waals surface area contributed by atoms with Gasteiger partial charge in [0, 0.05) is 25.1 Å². The number of carbonyl (C=O) groups is 1. The average molecular weight is 359 g/mol. The van der Waals surface area contributed by atoms with Crippen molar-refractivity contribution in [3.63, 3.8) is 0 Å². The summed E-state index contributed by atoms with van der Waals surface area (Å²) in [6.45, 7) is 2.28. The number of hydrogen-bond donors (Lipinski definition) is 0. The van der Waals surface area contributed by atoms with Gasteiger partial charge in [0.2, 0.25) is 5.91 Å². The van der Waals surface area contributed by atoms with Crippen molar-refractivity contribution >= 4 is 28.9 Å². The van der Waals surface area contributed by atoms with Gasteiger partial charge in [0.05, 0.1) is 35.1 Å². The Morgan fingerprint density at radius 3 is 2.48 bits per heavy atom. The van der Waals surface area contributed by atoms with Crippen LogP contribution in [0.1, 0.15) is 12.5 Å². The number of anilines is 2. The largest absolute Gasteiger partial charge is 0.497 e. The molecule has 2 aromatic rings. The second-order valence-corrected chi connectivity index (χ2v) is 5.74. The Hall–Kier alpha value is -2.91. The summed E-state index contributed by atoms with van der Waals surface area (Å²) in [5.41, 5.74) is 1.28. The van der Waals surface area contributed by atoms with Crippen LogP contribution in [-0.4, -0.2) is 26.2 Å². The van der Waals surface area contributed by atoms with Crippen LogP contribution in [0.3, 0.4) is 0 Å². The molecule has 0 radical (unpaired) electrons. The predicted molar refractivity (Wildman–Crippen MR) is 93.0 cm³/mol. The standard InChI is InChI=1S/C18H15ClN2O4/c1-11(22)21(13-5-12(10-20)6-14(7-13)23-2)16-9-18-17(8-15(16)19)24-3-4-25-18/h5-9H,3-4H2,1-2H3. The van der Waals surface area contributed by atoms with Gasteiger partial charge in [-0.3, -0.25) is 9.69 Å². The van der Waals surface area contributed by atoms with E-state index in [9.17, 15) is 10.1 Å².